The molecule has 1 fully saturated rings. The second-order valence-corrected chi connectivity index (χ2v) is 7.33. The molecule has 0 bridgehead atoms. The Bertz CT molecular complexity index is 760. The number of carbonyl (C=O) groups excluding carboxylic acids is 1. The third kappa shape index (κ3) is 3.47. The SMILES string of the molecule is O=C1CN(C(=O)O)[C@H](c2ccc(Br)cc2)[C@H](c2ccc(Br)cc2)N1. The van der Waals surface area contributed by atoms with Gasteiger partial charge in [-0.25, -0.2) is 4.79 Å². The van der Waals surface area contributed by atoms with Crippen LogP contribution in [0.15, 0.2) is 57.5 Å². The molecule has 1 heterocycles. The Morgan fingerprint density at radius 1 is 1.00 bits per heavy atom. The van der Waals surface area contributed by atoms with Gasteiger partial charge >= 0.3 is 6.09 Å². The highest BCUT2D eigenvalue weighted by Crippen LogP contribution is 2.37. The first-order valence-corrected chi connectivity index (χ1v) is 8.84. The molecule has 0 radical (unpaired) electrons. The van der Waals surface area contributed by atoms with Crippen molar-refractivity contribution in [2.24, 2.45) is 0 Å². The maximum atomic E-state index is 12.0. The number of benzene rings is 2. The Labute approximate surface area is 155 Å². The van der Waals surface area contributed by atoms with Crippen LogP contribution in [-0.2, 0) is 4.79 Å². The summed E-state index contributed by atoms with van der Waals surface area (Å²) in [4.78, 5) is 24.9. The van der Waals surface area contributed by atoms with Crippen molar-refractivity contribution < 1.29 is 14.7 Å². The molecular formula is C17H14Br2N2O3. The summed E-state index contributed by atoms with van der Waals surface area (Å²) >= 11 is 6.77. The number of hydrogen-bond acceptors (Lipinski definition) is 2. The van der Waals surface area contributed by atoms with Crippen molar-refractivity contribution in [1.82, 2.24) is 10.2 Å². The number of carbonyl (C=O) groups is 2. The molecule has 2 aromatic rings. The first-order chi connectivity index (χ1) is 11.5. The lowest BCUT2D eigenvalue weighted by atomic mass is 9.90. The first kappa shape index (κ1) is 17.0. The van der Waals surface area contributed by atoms with E-state index in [-0.39, 0.29) is 12.5 Å². The fourth-order valence-electron chi connectivity index (χ4n) is 2.89. The molecular weight excluding hydrogens is 440 g/mol. The van der Waals surface area contributed by atoms with Gasteiger partial charge in [0.25, 0.3) is 0 Å². The minimum atomic E-state index is -1.11. The number of amides is 2. The van der Waals surface area contributed by atoms with Gasteiger partial charge in [-0.15, -0.1) is 0 Å². The number of piperazine rings is 1. The first-order valence-electron chi connectivity index (χ1n) is 7.25. The smallest absolute Gasteiger partial charge is 0.408 e. The summed E-state index contributed by atoms with van der Waals surface area (Å²) in [6.45, 7) is -0.177. The predicted octanol–water partition coefficient (Wildman–Crippen LogP) is 4.10. The van der Waals surface area contributed by atoms with Crippen molar-refractivity contribution in [3.8, 4) is 0 Å². The van der Waals surface area contributed by atoms with Crippen LogP contribution in [-0.4, -0.2) is 28.6 Å². The molecule has 0 aliphatic carbocycles. The van der Waals surface area contributed by atoms with E-state index in [1.54, 1.807) is 0 Å². The van der Waals surface area contributed by atoms with Gasteiger partial charge < -0.3 is 10.4 Å². The molecule has 2 amide bonds. The van der Waals surface area contributed by atoms with Crippen LogP contribution >= 0.6 is 31.9 Å². The average Bonchev–Trinajstić information content (AvgIpc) is 2.56. The van der Waals surface area contributed by atoms with Gasteiger partial charge in [0.05, 0.1) is 12.1 Å². The van der Waals surface area contributed by atoms with Crippen LogP contribution in [0.1, 0.15) is 23.2 Å². The van der Waals surface area contributed by atoms with E-state index in [0.29, 0.717) is 0 Å². The maximum Gasteiger partial charge on any atom is 0.408 e. The van der Waals surface area contributed by atoms with Gasteiger partial charge in [0.1, 0.15) is 6.54 Å². The highest BCUT2D eigenvalue weighted by molar-refractivity contribution is 9.10. The summed E-state index contributed by atoms with van der Waals surface area (Å²) in [5.41, 5.74) is 1.68. The highest BCUT2D eigenvalue weighted by atomic mass is 79.9. The van der Waals surface area contributed by atoms with Crippen molar-refractivity contribution in [2.75, 3.05) is 6.54 Å². The van der Waals surface area contributed by atoms with E-state index >= 15 is 0 Å². The number of hydrogen-bond donors (Lipinski definition) is 2. The molecule has 3 rings (SSSR count). The standard InChI is InChI=1S/C17H14Br2N2O3/c18-12-5-1-10(2-6-12)15-16(11-3-7-13(19)8-4-11)21(17(23)24)9-14(22)20-15/h1-8,15-16H,9H2,(H,20,22)(H,23,24)/t15-,16+/m0/s1. The van der Waals surface area contributed by atoms with Gasteiger partial charge in [0.15, 0.2) is 0 Å². The van der Waals surface area contributed by atoms with Crippen LogP contribution in [0, 0.1) is 0 Å². The Morgan fingerprint density at radius 3 is 2.00 bits per heavy atom. The molecule has 2 N–H and O–H groups in total. The minimum absolute atomic E-state index is 0.177. The third-order valence-electron chi connectivity index (χ3n) is 3.97. The van der Waals surface area contributed by atoms with E-state index in [4.69, 9.17) is 0 Å². The molecule has 7 heteroatoms. The van der Waals surface area contributed by atoms with Crippen molar-refractivity contribution in [1.29, 1.82) is 0 Å². The summed E-state index contributed by atoms with van der Waals surface area (Å²) in [7, 11) is 0. The summed E-state index contributed by atoms with van der Waals surface area (Å²) in [5.74, 6) is -0.307. The number of halogens is 2. The number of nitrogens with zero attached hydrogens (tertiary/aromatic N) is 1. The zero-order chi connectivity index (χ0) is 17.3. The zero-order valence-corrected chi connectivity index (χ0v) is 15.6. The molecule has 1 aliphatic rings. The number of rotatable bonds is 2. The predicted molar refractivity (Wildman–Crippen MR) is 96.6 cm³/mol. The Morgan fingerprint density at radius 2 is 1.50 bits per heavy atom. The average molecular weight is 454 g/mol. The highest BCUT2D eigenvalue weighted by Gasteiger charge is 2.39. The van der Waals surface area contributed by atoms with E-state index in [2.05, 4.69) is 37.2 Å². The molecule has 0 saturated carbocycles. The van der Waals surface area contributed by atoms with E-state index in [0.717, 1.165) is 20.1 Å². The zero-order valence-electron chi connectivity index (χ0n) is 12.4. The van der Waals surface area contributed by atoms with Crippen LogP contribution in [0.2, 0.25) is 0 Å². The Hall–Kier alpha value is -1.86. The molecule has 2 aromatic carbocycles. The maximum absolute atomic E-state index is 12.0. The van der Waals surface area contributed by atoms with Crippen LogP contribution in [0.3, 0.4) is 0 Å². The molecule has 0 unspecified atom stereocenters. The molecule has 124 valence electrons. The summed E-state index contributed by atoms with van der Waals surface area (Å²) in [5, 5.41) is 12.5. The minimum Gasteiger partial charge on any atom is -0.465 e. The summed E-state index contributed by atoms with van der Waals surface area (Å²) < 4.78 is 1.83. The molecule has 24 heavy (non-hydrogen) atoms. The summed E-state index contributed by atoms with van der Waals surface area (Å²) in [6, 6.07) is 14.0. The van der Waals surface area contributed by atoms with Gasteiger partial charge in [0.2, 0.25) is 5.91 Å². The van der Waals surface area contributed by atoms with Crippen molar-refractivity contribution in [3.05, 3.63) is 68.6 Å². The Kier molecular flexibility index (Phi) is 4.91. The monoisotopic (exact) mass is 452 g/mol. The van der Waals surface area contributed by atoms with Crippen molar-refractivity contribution >= 4 is 43.9 Å². The van der Waals surface area contributed by atoms with Gasteiger partial charge in [0, 0.05) is 8.95 Å². The second kappa shape index (κ2) is 6.94. The lowest BCUT2D eigenvalue weighted by molar-refractivity contribution is -0.126. The Balaban J connectivity index is 2.07. The topological polar surface area (TPSA) is 69.6 Å². The number of nitrogens with one attached hydrogen (secondary N) is 1. The quantitative estimate of drug-likeness (QED) is 0.718. The van der Waals surface area contributed by atoms with Crippen LogP contribution in [0.5, 0.6) is 0 Å². The van der Waals surface area contributed by atoms with Crippen molar-refractivity contribution in [3.63, 3.8) is 0 Å². The fraction of sp³-hybridized carbons (Fsp3) is 0.176. The van der Waals surface area contributed by atoms with E-state index in [1.165, 1.54) is 4.90 Å². The second-order valence-electron chi connectivity index (χ2n) is 5.50. The van der Waals surface area contributed by atoms with Gasteiger partial charge in [-0.1, -0.05) is 56.1 Å². The summed E-state index contributed by atoms with van der Waals surface area (Å²) in [6.07, 6.45) is -1.11. The molecule has 2 atom stereocenters. The van der Waals surface area contributed by atoms with Crippen LogP contribution < -0.4 is 5.32 Å². The molecule has 1 saturated heterocycles. The van der Waals surface area contributed by atoms with Gasteiger partial charge in [-0.2, -0.15) is 0 Å². The van der Waals surface area contributed by atoms with Gasteiger partial charge in [-0.3, -0.25) is 9.69 Å². The van der Waals surface area contributed by atoms with Crippen LogP contribution in [0.4, 0.5) is 4.79 Å². The third-order valence-corrected chi connectivity index (χ3v) is 5.03. The molecule has 1 aliphatic heterocycles. The van der Waals surface area contributed by atoms with E-state index in [9.17, 15) is 14.7 Å². The lowest BCUT2D eigenvalue weighted by Gasteiger charge is -2.40. The lowest BCUT2D eigenvalue weighted by Crippen LogP contribution is -2.53. The van der Waals surface area contributed by atoms with Crippen LogP contribution in [0.25, 0.3) is 0 Å². The van der Waals surface area contributed by atoms with E-state index < -0.39 is 18.2 Å². The van der Waals surface area contributed by atoms with Crippen molar-refractivity contribution in [2.45, 2.75) is 12.1 Å². The molecule has 5 nitrogen and oxygen atoms in total. The number of carboxylic acid groups (broad SMARTS) is 1. The molecule has 0 aromatic heterocycles. The normalized spacial score (nSPS) is 20.6. The largest absolute Gasteiger partial charge is 0.465 e. The van der Waals surface area contributed by atoms with E-state index in [1.807, 2.05) is 48.5 Å². The fourth-order valence-corrected chi connectivity index (χ4v) is 3.41. The molecule has 0 spiro atoms. The van der Waals surface area contributed by atoms with Gasteiger partial charge in [-0.05, 0) is 35.4 Å².